The minimum Gasteiger partial charge on any atom is -0.326 e. The van der Waals surface area contributed by atoms with Crippen molar-refractivity contribution in [2.75, 3.05) is 16.0 Å². The Balaban J connectivity index is 1.92. The Morgan fingerprint density at radius 1 is 0.739 bits per heavy atom. The quantitative estimate of drug-likeness (QED) is 0.782. The molecule has 0 bridgehead atoms. The molecule has 0 saturated heterocycles. The van der Waals surface area contributed by atoms with E-state index in [1.54, 1.807) is 24.3 Å². The Labute approximate surface area is 136 Å². The lowest BCUT2D eigenvalue weighted by molar-refractivity contribution is -0.114. The van der Waals surface area contributed by atoms with Crippen LogP contribution in [0.25, 0.3) is 0 Å². The van der Waals surface area contributed by atoms with E-state index in [1.165, 1.54) is 12.5 Å². The van der Waals surface area contributed by atoms with E-state index in [0.717, 1.165) is 5.69 Å². The number of hydrogen-bond acceptors (Lipinski definition) is 2. The van der Waals surface area contributed by atoms with Crippen molar-refractivity contribution >= 4 is 29.0 Å². The number of carbonyl (C=O) groups is 2. The highest BCUT2D eigenvalue weighted by atomic mass is 16.2. The van der Waals surface area contributed by atoms with Gasteiger partial charge in [0, 0.05) is 24.0 Å². The third-order valence-corrected chi connectivity index (χ3v) is 3.30. The van der Waals surface area contributed by atoms with Gasteiger partial charge in [-0.3, -0.25) is 4.79 Å². The van der Waals surface area contributed by atoms with Gasteiger partial charge in [0.25, 0.3) is 0 Å². The Kier molecular flexibility index (Phi) is 5.36. The molecule has 0 unspecified atom stereocenters. The normalized spacial score (nSPS) is 10.3. The summed E-state index contributed by atoms with van der Waals surface area (Å²) in [5, 5.41) is 8.20. The van der Waals surface area contributed by atoms with Crippen LogP contribution in [0.5, 0.6) is 0 Å². The lowest BCUT2D eigenvalue weighted by Gasteiger charge is -2.10. The van der Waals surface area contributed by atoms with Crippen LogP contribution in [0.3, 0.4) is 0 Å². The monoisotopic (exact) mass is 311 g/mol. The van der Waals surface area contributed by atoms with Crippen molar-refractivity contribution in [1.82, 2.24) is 0 Å². The van der Waals surface area contributed by atoms with Gasteiger partial charge in [-0.15, -0.1) is 0 Å². The zero-order valence-electron chi connectivity index (χ0n) is 13.5. The highest BCUT2D eigenvalue weighted by molar-refractivity contribution is 6.00. The van der Waals surface area contributed by atoms with E-state index in [0.29, 0.717) is 17.3 Å². The van der Waals surface area contributed by atoms with Crippen molar-refractivity contribution in [2.45, 2.75) is 26.7 Å². The van der Waals surface area contributed by atoms with E-state index in [1.807, 2.05) is 24.3 Å². The molecule has 0 aliphatic heterocycles. The van der Waals surface area contributed by atoms with Gasteiger partial charge in [0.15, 0.2) is 0 Å². The molecule has 0 atom stereocenters. The highest BCUT2D eigenvalue weighted by Gasteiger charge is 2.04. The number of nitrogens with one attached hydrogen (secondary N) is 3. The fourth-order valence-electron chi connectivity index (χ4n) is 2.08. The summed E-state index contributed by atoms with van der Waals surface area (Å²) in [4.78, 5) is 22.9. The molecule has 2 aromatic rings. The highest BCUT2D eigenvalue weighted by Crippen LogP contribution is 2.18. The van der Waals surface area contributed by atoms with E-state index < -0.39 is 0 Å². The molecule has 0 aromatic heterocycles. The average molecular weight is 311 g/mol. The first kappa shape index (κ1) is 16.5. The molecule has 0 spiro atoms. The number of carbonyl (C=O) groups excluding carboxylic acids is 2. The average Bonchev–Trinajstić information content (AvgIpc) is 2.49. The fraction of sp³-hybridized carbons (Fsp3) is 0.222. The molecule has 0 saturated carbocycles. The topological polar surface area (TPSA) is 70.2 Å². The first-order valence-electron chi connectivity index (χ1n) is 7.49. The van der Waals surface area contributed by atoms with Crippen LogP contribution in [0.4, 0.5) is 21.9 Å². The van der Waals surface area contributed by atoms with Crippen LogP contribution in [0.1, 0.15) is 32.3 Å². The number of hydrogen-bond donors (Lipinski definition) is 3. The van der Waals surface area contributed by atoms with Gasteiger partial charge in [0.1, 0.15) is 0 Å². The molecule has 0 fully saturated rings. The second kappa shape index (κ2) is 7.45. The summed E-state index contributed by atoms with van der Waals surface area (Å²) in [7, 11) is 0. The molecule has 3 N–H and O–H groups in total. The molecule has 0 aliphatic carbocycles. The minimum absolute atomic E-state index is 0.131. The van der Waals surface area contributed by atoms with Crippen molar-refractivity contribution in [2.24, 2.45) is 0 Å². The molecule has 5 heteroatoms. The Morgan fingerprint density at radius 2 is 1.13 bits per heavy atom. The van der Waals surface area contributed by atoms with E-state index in [2.05, 4.69) is 29.8 Å². The van der Waals surface area contributed by atoms with E-state index >= 15 is 0 Å². The SMILES string of the molecule is CC(=O)Nc1ccc(NC(=O)Nc2ccc(C(C)C)cc2)cc1. The summed E-state index contributed by atoms with van der Waals surface area (Å²) in [5.41, 5.74) is 3.30. The zero-order valence-corrected chi connectivity index (χ0v) is 13.5. The van der Waals surface area contributed by atoms with Gasteiger partial charge in [-0.25, -0.2) is 4.79 Å². The fourth-order valence-corrected chi connectivity index (χ4v) is 2.08. The lowest BCUT2D eigenvalue weighted by Crippen LogP contribution is -2.19. The molecule has 23 heavy (non-hydrogen) atoms. The largest absolute Gasteiger partial charge is 0.326 e. The summed E-state index contributed by atoms with van der Waals surface area (Å²) in [6, 6.07) is 14.4. The van der Waals surface area contributed by atoms with Crippen molar-refractivity contribution < 1.29 is 9.59 Å². The third kappa shape index (κ3) is 5.14. The van der Waals surface area contributed by atoms with E-state index in [4.69, 9.17) is 0 Å². The molecular formula is C18H21N3O2. The van der Waals surface area contributed by atoms with Crippen molar-refractivity contribution in [3.63, 3.8) is 0 Å². The van der Waals surface area contributed by atoms with Crippen LogP contribution in [0, 0.1) is 0 Å². The van der Waals surface area contributed by atoms with E-state index in [9.17, 15) is 9.59 Å². The van der Waals surface area contributed by atoms with Crippen LogP contribution in [-0.4, -0.2) is 11.9 Å². The summed E-state index contributed by atoms with van der Waals surface area (Å²) in [5.74, 6) is 0.327. The van der Waals surface area contributed by atoms with Gasteiger partial charge >= 0.3 is 6.03 Å². The second-order valence-corrected chi connectivity index (χ2v) is 5.61. The van der Waals surface area contributed by atoms with Crippen LogP contribution in [0.15, 0.2) is 48.5 Å². The van der Waals surface area contributed by atoms with Gasteiger partial charge < -0.3 is 16.0 Å². The Morgan fingerprint density at radius 3 is 1.52 bits per heavy atom. The number of amides is 3. The second-order valence-electron chi connectivity index (χ2n) is 5.61. The van der Waals surface area contributed by atoms with Gasteiger partial charge in [-0.05, 0) is 47.9 Å². The summed E-state index contributed by atoms with van der Waals surface area (Å²) < 4.78 is 0. The molecule has 2 aromatic carbocycles. The number of benzene rings is 2. The maximum Gasteiger partial charge on any atom is 0.323 e. The lowest BCUT2D eigenvalue weighted by atomic mass is 10.0. The summed E-state index contributed by atoms with van der Waals surface area (Å²) >= 11 is 0. The third-order valence-electron chi connectivity index (χ3n) is 3.30. The number of urea groups is 1. The Hall–Kier alpha value is -2.82. The number of anilines is 3. The smallest absolute Gasteiger partial charge is 0.323 e. The first-order valence-corrected chi connectivity index (χ1v) is 7.49. The van der Waals surface area contributed by atoms with Gasteiger partial charge in [-0.2, -0.15) is 0 Å². The first-order chi connectivity index (χ1) is 10.9. The van der Waals surface area contributed by atoms with Crippen LogP contribution >= 0.6 is 0 Å². The predicted molar refractivity (Wildman–Crippen MR) is 93.9 cm³/mol. The molecule has 2 rings (SSSR count). The van der Waals surface area contributed by atoms with Crippen LogP contribution in [-0.2, 0) is 4.79 Å². The molecular weight excluding hydrogens is 290 g/mol. The van der Waals surface area contributed by atoms with Crippen LogP contribution < -0.4 is 16.0 Å². The predicted octanol–water partition coefficient (Wildman–Crippen LogP) is 4.41. The maximum absolute atomic E-state index is 12.0. The zero-order chi connectivity index (χ0) is 16.8. The van der Waals surface area contributed by atoms with Gasteiger partial charge in [0.05, 0.1) is 0 Å². The van der Waals surface area contributed by atoms with Crippen molar-refractivity contribution in [3.05, 3.63) is 54.1 Å². The summed E-state index contributed by atoms with van der Waals surface area (Å²) in [6.07, 6.45) is 0. The standard InChI is InChI=1S/C18H21N3O2/c1-12(2)14-4-6-16(7-5-14)20-18(23)21-17-10-8-15(9-11-17)19-13(3)22/h4-12H,1-3H3,(H,19,22)(H2,20,21,23). The molecule has 5 nitrogen and oxygen atoms in total. The van der Waals surface area contributed by atoms with Crippen LogP contribution in [0.2, 0.25) is 0 Å². The molecule has 0 radical (unpaired) electrons. The molecule has 0 aliphatic rings. The maximum atomic E-state index is 12.0. The minimum atomic E-state index is -0.311. The van der Waals surface area contributed by atoms with Crippen molar-refractivity contribution in [1.29, 1.82) is 0 Å². The number of rotatable bonds is 4. The van der Waals surface area contributed by atoms with Gasteiger partial charge in [-0.1, -0.05) is 26.0 Å². The molecule has 3 amide bonds. The summed E-state index contributed by atoms with van der Waals surface area (Å²) in [6.45, 7) is 5.70. The van der Waals surface area contributed by atoms with Gasteiger partial charge in [0.2, 0.25) is 5.91 Å². The molecule has 0 heterocycles. The van der Waals surface area contributed by atoms with Crippen molar-refractivity contribution in [3.8, 4) is 0 Å². The Bertz CT molecular complexity index is 676. The molecule has 120 valence electrons. The van der Waals surface area contributed by atoms with E-state index in [-0.39, 0.29) is 11.9 Å².